The largest absolute Gasteiger partial charge is 0.388 e. The zero-order chi connectivity index (χ0) is 21.2. The first-order chi connectivity index (χ1) is 15.2. The lowest BCUT2D eigenvalue weighted by molar-refractivity contribution is 0.104. The molecule has 3 heteroatoms. The summed E-state index contributed by atoms with van der Waals surface area (Å²) in [5.74, 6) is 0.418. The van der Waals surface area contributed by atoms with E-state index in [1.807, 2.05) is 0 Å². The number of hydrogen-bond donors (Lipinski definition) is 1. The minimum Gasteiger partial charge on any atom is -0.388 e. The Labute approximate surface area is 192 Å². The molecule has 1 aliphatic rings. The summed E-state index contributed by atoms with van der Waals surface area (Å²) in [4.78, 5) is 2.49. The third-order valence-corrected chi connectivity index (χ3v) is 7.06. The average Bonchev–Trinajstić information content (AvgIpc) is 3.23. The van der Waals surface area contributed by atoms with Gasteiger partial charge in [0.1, 0.15) is 0 Å². The molecule has 0 spiro atoms. The van der Waals surface area contributed by atoms with Crippen molar-refractivity contribution in [1.29, 1.82) is 0 Å². The van der Waals surface area contributed by atoms with Gasteiger partial charge in [-0.2, -0.15) is 0 Å². The van der Waals surface area contributed by atoms with Gasteiger partial charge < -0.3 is 5.11 Å². The molecular weight excluding hydrogens is 446 g/mol. The van der Waals surface area contributed by atoms with Crippen molar-refractivity contribution in [3.8, 4) is 0 Å². The van der Waals surface area contributed by atoms with Gasteiger partial charge in [-0.1, -0.05) is 101 Å². The van der Waals surface area contributed by atoms with Crippen LogP contribution in [0.15, 0.2) is 102 Å². The number of nitrogens with zero attached hydrogens (tertiary/aromatic N) is 1. The van der Waals surface area contributed by atoms with Crippen LogP contribution in [-0.2, 0) is 6.54 Å². The lowest BCUT2D eigenvalue weighted by atomic mass is 9.82. The first-order valence-corrected chi connectivity index (χ1v) is 11.7. The predicted octanol–water partition coefficient (Wildman–Crippen LogP) is 6.55. The van der Waals surface area contributed by atoms with Crippen LogP contribution in [0.4, 0.5) is 0 Å². The summed E-state index contributed by atoms with van der Waals surface area (Å²) in [5.41, 5.74) is 3.65. The molecule has 0 bridgehead atoms. The molecule has 1 unspecified atom stereocenters. The quantitative estimate of drug-likeness (QED) is 0.356. The Bertz CT molecular complexity index is 1150. The van der Waals surface area contributed by atoms with Crippen LogP contribution in [0.2, 0.25) is 0 Å². The fourth-order valence-electron chi connectivity index (χ4n) is 5.01. The van der Waals surface area contributed by atoms with Crippen LogP contribution in [-0.4, -0.2) is 23.1 Å². The predicted molar refractivity (Wildman–Crippen MR) is 131 cm³/mol. The SMILES string of the molecule is OC(c1cccc2ccccc12)[C@@H]1CN(Cc2ccccc2)C[C@H]1c1ccc(Br)cc1. The van der Waals surface area contributed by atoms with Gasteiger partial charge in [-0.25, -0.2) is 0 Å². The molecule has 0 amide bonds. The maximum atomic E-state index is 11.7. The molecule has 1 N–H and O–H groups in total. The molecule has 156 valence electrons. The van der Waals surface area contributed by atoms with Crippen LogP contribution in [0.1, 0.15) is 28.7 Å². The Hall–Kier alpha value is -2.46. The molecule has 1 heterocycles. The standard InChI is InChI=1S/C28H26BrNO/c29-23-15-13-22(14-16-23)26-18-30(17-20-7-2-1-3-8-20)19-27(26)28(31)25-12-6-10-21-9-4-5-11-24(21)25/h1-16,26-28,31H,17-19H2/t26-,27+,28?/m0/s1. The fourth-order valence-corrected chi connectivity index (χ4v) is 5.27. The number of fused-ring (bicyclic) bond motifs is 1. The van der Waals surface area contributed by atoms with E-state index in [1.165, 1.54) is 16.5 Å². The fraction of sp³-hybridized carbons (Fsp3) is 0.214. The number of likely N-dealkylation sites (tertiary alicyclic amines) is 1. The van der Waals surface area contributed by atoms with Crippen molar-refractivity contribution < 1.29 is 5.11 Å². The zero-order valence-corrected chi connectivity index (χ0v) is 18.9. The van der Waals surface area contributed by atoms with E-state index in [1.54, 1.807) is 0 Å². The van der Waals surface area contributed by atoms with Crippen molar-refractivity contribution in [2.75, 3.05) is 13.1 Å². The van der Waals surface area contributed by atoms with Gasteiger partial charge in [0.25, 0.3) is 0 Å². The highest BCUT2D eigenvalue weighted by Crippen LogP contribution is 2.42. The van der Waals surface area contributed by atoms with E-state index in [-0.39, 0.29) is 11.8 Å². The first-order valence-electron chi connectivity index (χ1n) is 10.9. The maximum absolute atomic E-state index is 11.7. The molecule has 5 rings (SSSR count). The third-order valence-electron chi connectivity index (χ3n) is 6.54. The molecule has 4 aromatic rings. The van der Waals surface area contributed by atoms with Gasteiger partial charge in [0.05, 0.1) is 6.10 Å². The number of halogens is 1. The van der Waals surface area contributed by atoms with Crippen molar-refractivity contribution >= 4 is 26.7 Å². The molecule has 0 radical (unpaired) electrons. The number of rotatable bonds is 5. The molecule has 0 saturated carbocycles. The molecule has 2 nitrogen and oxygen atoms in total. The van der Waals surface area contributed by atoms with Crippen molar-refractivity contribution in [2.24, 2.45) is 5.92 Å². The van der Waals surface area contributed by atoms with Gasteiger partial charge in [0.2, 0.25) is 0 Å². The van der Waals surface area contributed by atoms with E-state index in [9.17, 15) is 5.11 Å². The van der Waals surface area contributed by atoms with E-state index in [4.69, 9.17) is 0 Å². The maximum Gasteiger partial charge on any atom is 0.0842 e. The molecule has 31 heavy (non-hydrogen) atoms. The Morgan fingerprint density at radius 3 is 2.32 bits per heavy atom. The highest BCUT2D eigenvalue weighted by atomic mass is 79.9. The van der Waals surface area contributed by atoms with Gasteiger partial charge in [-0.15, -0.1) is 0 Å². The second-order valence-corrected chi connectivity index (χ2v) is 9.43. The Balaban J connectivity index is 1.49. The zero-order valence-electron chi connectivity index (χ0n) is 17.4. The van der Waals surface area contributed by atoms with E-state index in [0.29, 0.717) is 0 Å². The van der Waals surface area contributed by atoms with Crippen molar-refractivity contribution in [1.82, 2.24) is 4.90 Å². The summed E-state index contributed by atoms with van der Waals surface area (Å²) < 4.78 is 1.08. The molecule has 1 saturated heterocycles. The topological polar surface area (TPSA) is 23.5 Å². The van der Waals surface area contributed by atoms with E-state index < -0.39 is 6.10 Å². The number of hydrogen-bond acceptors (Lipinski definition) is 2. The molecular formula is C28H26BrNO. The Morgan fingerprint density at radius 1 is 0.806 bits per heavy atom. The molecule has 3 atom stereocenters. The second-order valence-electron chi connectivity index (χ2n) is 8.51. The number of benzene rings is 4. The van der Waals surface area contributed by atoms with Crippen molar-refractivity contribution in [3.05, 3.63) is 118 Å². The molecule has 0 aromatic heterocycles. The van der Waals surface area contributed by atoms with Crippen LogP contribution >= 0.6 is 15.9 Å². The highest BCUT2D eigenvalue weighted by Gasteiger charge is 2.39. The average molecular weight is 472 g/mol. The Kier molecular flexibility index (Phi) is 5.91. The lowest BCUT2D eigenvalue weighted by Crippen LogP contribution is -2.22. The van der Waals surface area contributed by atoms with Crippen LogP contribution in [0.25, 0.3) is 10.8 Å². The van der Waals surface area contributed by atoms with Crippen LogP contribution < -0.4 is 0 Å². The van der Waals surface area contributed by atoms with Gasteiger partial charge in [0, 0.05) is 35.9 Å². The second kappa shape index (κ2) is 8.96. The number of aliphatic hydroxyl groups excluding tert-OH is 1. The van der Waals surface area contributed by atoms with Crippen LogP contribution in [0, 0.1) is 5.92 Å². The van der Waals surface area contributed by atoms with Gasteiger partial charge >= 0.3 is 0 Å². The minimum absolute atomic E-state index is 0.135. The van der Waals surface area contributed by atoms with E-state index in [2.05, 4.69) is 118 Å². The molecule has 0 aliphatic carbocycles. The van der Waals surface area contributed by atoms with Gasteiger partial charge in [-0.05, 0) is 39.6 Å². The Morgan fingerprint density at radius 2 is 1.52 bits per heavy atom. The van der Waals surface area contributed by atoms with Crippen LogP contribution in [0.3, 0.4) is 0 Å². The summed E-state index contributed by atoms with van der Waals surface area (Å²) in [7, 11) is 0. The molecule has 1 aliphatic heterocycles. The molecule has 4 aromatic carbocycles. The monoisotopic (exact) mass is 471 g/mol. The summed E-state index contributed by atoms with van der Waals surface area (Å²) in [6.07, 6.45) is -0.513. The third kappa shape index (κ3) is 4.31. The summed E-state index contributed by atoms with van der Waals surface area (Å²) in [6.45, 7) is 2.73. The number of aliphatic hydroxyl groups is 1. The summed E-state index contributed by atoms with van der Waals surface area (Å²) in [5, 5.41) is 14.0. The smallest absolute Gasteiger partial charge is 0.0842 e. The van der Waals surface area contributed by atoms with Crippen LogP contribution in [0.5, 0.6) is 0 Å². The van der Waals surface area contributed by atoms with Gasteiger partial charge in [-0.3, -0.25) is 4.90 Å². The lowest BCUT2D eigenvalue weighted by Gasteiger charge is -2.26. The van der Waals surface area contributed by atoms with Gasteiger partial charge in [0.15, 0.2) is 0 Å². The van der Waals surface area contributed by atoms with E-state index >= 15 is 0 Å². The van der Waals surface area contributed by atoms with Crippen molar-refractivity contribution in [2.45, 2.75) is 18.6 Å². The normalized spacial score (nSPS) is 20.2. The highest BCUT2D eigenvalue weighted by molar-refractivity contribution is 9.10. The minimum atomic E-state index is -0.513. The first kappa shape index (κ1) is 20.4. The van der Waals surface area contributed by atoms with Crippen molar-refractivity contribution in [3.63, 3.8) is 0 Å². The summed E-state index contributed by atoms with van der Waals surface area (Å²) in [6, 6.07) is 33.9. The molecule has 1 fully saturated rings. The van der Waals surface area contributed by atoms with E-state index in [0.717, 1.165) is 35.1 Å². The summed E-state index contributed by atoms with van der Waals surface area (Å²) >= 11 is 3.56.